The number of anilines is 1. The summed E-state index contributed by atoms with van der Waals surface area (Å²) in [5, 5.41) is 14.2. The van der Waals surface area contributed by atoms with Gasteiger partial charge in [0.15, 0.2) is 11.5 Å². The van der Waals surface area contributed by atoms with E-state index in [9.17, 15) is 30.7 Å². The number of rotatable bonds is 4. The molecule has 0 bridgehead atoms. The van der Waals surface area contributed by atoms with Gasteiger partial charge in [-0.2, -0.15) is 26.3 Å². The van der Waals surface area contributed by atoms with Gasteiger partial charge in [0, 0.05) is 68.6 Å². The second-order valence-corrected chi connectivity index (χ2v) is 8.78. The monoisotopic (exact) mass is 616 g/mol. The van der Waals surface area contributed by atoms with Gasteiger partial charge in [-0.25, -0.2) is 23.9 Å². The molecule has 1 aliphatic rings. The van der Waals surface area contributed by atoms with Gasteiger partial charge in [0.2, 0.25) is 0 Å². The SMILES string of the molecule is Fc1ccccc1CN1CCN(c2nccn3c(-c4ccncc4)cnc23)CC1.O=C(O)C(F)(F)F.O=C(O)C(F)(F)F. The van der Waals surface area contributed by atoms with Gasteiger partial charge >= 0.3 is 24.3 Å². The van der Waals surface area contributed by atoms with Crippen molar-refractivity contribution in [3.63, 3.8) is 0 Å². The average molecular weight is 616 g/mol. The lowest BCUT2D eigenvalue weighted by Gasteiger charge is -2.35. The molecule has 230 valence electrons. The minimum atomic E-state index is -5.08. The zero-order valence-electron chi connectivity index (χ0n) is 21.9. The Labute approximate surface area is 238 Å². The highest BCUT2D eigenvalue weighted by atomic mass is 19.4. The lowest BCUT2D eigenvalue weighted by atomic mass is 10.2. The Kier molecular flexibility index (Phi) is 10.6. The molecule has 0 amide bonds. The van der Waals surface area contributed by atoms with Crippen molar-refractivity contribution in [1.29, 1.82) is 0 Å². The van der Waals surface area contributed by atoms with Gasteiger partial charge in [0.25, 0.3) is 0 Å². The fourth-order valence-corrected chi connectivity index (χ4v) is 3.85. The van der Waals surface area contributed by atoms with Gasteiger partial charge in [-0.15, -0.1) is 0 Å². The number of aromatic nitrogens is 4. The molecule has 0 atom stereocenters. The molecule has 0 radical (unpaired) electrons. The maximum absolute atomic E-state index is 13.9. The van der Waals surface area contributed by atoms with Crippen LogP contribution in [0.4, 0.5) is 36.6 Å². The van der Waals surface area contributed by atoms with E-state index in [2.05, 4.69) is 29.2 Å². The molecule has 2 N–H and O–H groups in total. The standard InChI is InChI=1S/C22H21FN6.2C2HF3O2/c23-19-4-2-1-3-18(19)16-27-11-13-28(14-12-27)21-22-26-15-20(29(22)10-9-25-21)17-5-7-24-8-6-17;2*3-2(4,5)1(6)7/h1-10,15H,11-14,16H2;2*(H,6,7). The van der Waals surface area contributed by atoms with Crippen LogP contribution < -0.4 is 4.90 Å². The van der Waals surface area contributed by atoms with E-state index in [4.69, 9.17) is 19.8 Å². The van der Waals surface area contributed by atoms with E-state index in [0.717, 1.165) is 54.5 Å². The van der Waals surface area contributed by atoms with Gasteiger partial charge in [0.05, 0.1) is 11.9 Å². The van der Waals surface area contributed by atoms with Crippen LogP contribution in [-0.2, 0) is 16.1 Å². The normalized spacial score (nSPS) is 13.9. The van der Waals surface area contributed by atoms with Gasteiger partial charge < -0.3 is 15.1 Å². The molecule has 1 fully saturated rings. The Hall–Kier alpha value is -4.80. The van der Waals surface area contributed by atoms with Crippen molar-refractivity contribution in [2.75, 3.05) is 31.1 Å². The number of benzene rings is 1. The van der Waals surface area contributed by atoms with Gasteiger partial charge in [0.1, 0.15) is 5.82 Å². The molecular weight excluding hydrogens is 593 g/mol. The largest absolute Gasteiger partial charge is 0.490 e. The average Bonchev–Trinajstić information content (AvgIpc) is 3.39. The molecular formula is C26H23F7N6O4. The maximum atomic E-state index is 13.9. The molecule has 43 heavy (non-hydrogen) atoms. The fraction of sp³-hybridized carbons (Fsp3) is 0.269. The van der Waals surface area contributed by atoms with Crippen molar-refractivity contribution in [3.8, 4) is 11.3 Å². The molecule has 17 heteroatoms. The van der Waals surface area contributed by atoms with Gasteiger partial charge in [-0.05, 0) is 18.2 Å². The zero-order chi connectivity index (χ0) is 31.8. The number of halogens is 7. The van der Waals surface area contributed by atoms with Crippen molar-refractivity contribution in [3.05, 3.63) is 78.8 Å². The molecule has 0 spiro atoms. The first kappa shape index (κ1) is 32.7. The van der Waals surface area contributed by atoms with Crippen molar-refractivity contribution in [2.24, 2.45) is 0 Å². The van der Waals surface area contributed by atoms with Crippen molar-refractivity contribution in [1.82, 2.24) is 24.3 Å². The fourth-order valence-electron chi connectivity index (χ4n) is 3.85. The number of carboxylic acid groups (broad SMARTS) is 2. The maximum Gasteiger partial charge on any atom is 0.490 e. The summed E-state index contributed by atoms with van der Waals surface area (Å²) in [5.41, 5.74) is 3.68. The molecule has 1 aliphatic heterocycles. The van der Waals surface area contributed by atoms with Crippen molar-refractivity contribution in [2.45, 2.75) is 18.9 Å². The first-order valence-electron chi connectivity index (χ1n) is 12.2. The van der Waals surface area contributed by atoms with Crippen LogP contribution in [0.25, 0.3) is 16.9 Å². The van der Waals surface area contributed by atoms with Crippen molar-refractivity contribution < 1.29 is 50.5 Å². The topological polar surface area (TPSA) is 124 Å². The molecule has 10 nitrogen and oxygen atoms in total. The number of pyridine rings is 1. The number of imidazole rings is 1. The van der Waals surface area contributed by atoms with E-state index < -0.39 is 24.3 Å². The predicted molar refractivity (Wildman–Crippen MR) is 137 cm³/mol. The number of carboxylic acids is 2. The Morgan fingerprint density at radius 3 is 1.91 bits per heavy atom. The lowest BCUT2D eigenvalue weighted by Crippen LogP contribution is -2.46. The Morgan fingerprint density at radius 1 is 0.814 bits per heavy atom. The molecule has 3 aromatic heterocycles. The molecule has 4 heterocycles. The third kappa shape index (κ3) is 9.09. The molecule has 0 saturated carbocycles. The third-order valence-corrected chi connectivity index (χ3v) is 5.89. The summed E-state index contributed by atoms with van der Waals surface area (Å²) in [6.45, 7) is 4.01. The summed E-state index contributed by atoms with van der Waals surface area (Å²) in [5.74, 6) is -4.76. The summed E-state index contributed by atoms with van der Waals surface area (Å²) in [6, 6.07) is 11.0. The number of hydrogen-bond acceptors (Lipinski definition) is 7. The van der Waals surface area contributed by atoms with Gasteiger partial charge in [-0.1, -0.05) is 18.2 Å². The van der Waals surface area contributed by atoms with Crippen LogP contribution in [0.2, 0.25) is 0 Å². The number of alkyl halides is 6. The number of fused-ring (bicyclic) bond motifs is 1. The summed E-state index contributed by atoms with van der Waals surface area (Å²) >= 11 is 0. The summed E-state index contributed by atoms with van der Waals surface area (Å²) < 4.78 is 79.5. The summed E-state index contributed by atoms with van der Waals surface area (Å²) in [6.07, 6.45) is -0.960. The quantitative estimate of drug-likeness (QED) is 0.319. The van der Waals surface area contributed by atoms with Crippen LogP contribution in [0.15, 0.2) is 67.4 Å². The van der Waals surface area contributed by atoms with Crippen LogP contribution >= 0.6 is 0 Å². The van der Waals surface area contributed by atoms with Crippen LogP contribution in [0, 0.1) is 5.82 Å². The van der Waals surface area contributed by atoms with E-state index in [1.165, 1.54) is 6.07 Å². The highest BCUT2D eigenvalue weighted by molar-refractivity contribution is 5.73. The second-order valence-electron chi connectivity index (χ2n) is 8.78. The first-order valence-corrected chi connectivity index (χ1v) is 12.2. The number of hydrogen-bond donors (Lipinski definition) is 2. The molecule has 1 aromatic carbocycles. The van der Waals surface area contributed by atoms with E-state index in [0.29, 0.717) is 6.54 Å². The van der Waals surface area contributed by atoms with Crippen LogP contribution in [0.3, 0.4) is 0 Å². The van der Waals surface area contributed by atoms with Crippen LogP contribution in [0.5, 0.6) is 0 Å². The van der Waals surface area contributed by atoms with E-state index in [1.54, 1.807) is 18.5 Å². The Balaban J connectivity index is 0.000000303. The Morgan fingerprint density at radius 2 is 1.37 bits per heavy atom. The molecule has 0 unspecified atom stereocenters. The number of nitrogens with zero attached hydrogens (tertiary/aromatic N) is 6. The first-order chi connectivity index (χ1) is 20.2. The minimum Gasteiger partial charge on any atom is -0.475 e. The predicted octanol–water partition coefficient (Wildman–Crippen LogP) is 4.52. The zero-order valence-corrected chi connectivity index (χ0v) is 21.9. The summed E-state index contributed by atoms with van der Waals surface area (Å²) in [4.78, 5) is 35.7. The Bertz CT molecular complexity index is 1500. The van der Waals surface area contributed by atoms with E-state index in [1.807, 2.05) is 42.9 Å². The molecule has 5 rings (SSSR count). The summed E-state index contributed by atoms with van der Waals surface area (Å²) in [7, 11) is 0. The van der Waals surface area contributed by atoms with E-state index >= 15 is 0 Å². The lowest BCUT2D eigenvalue weighted by molar-refractivity contribution is -0.193. The third-order valence-electron chi connectivity index (χ3n) is 5.89. The smallest absolute Gasteiger partial charge is 0.475 e. The highest BCUT2D eigenvalue weighted by Gasteiger charge is 2.38. The second kappa shape index (κ2) is 13.9. The number of aliphatic carboxylic acids is 2. The van der Waals surface area contributed by atoms with E-state index in [-0.39, 0.29) is 5.82 Å². The minimum absolute atomic E-state index is 0.137. The van der Waals surface area contributed by atoms with Gasteiger partial charge in [-0.3, -0.25) is 14.3 Å². The number of carbonyl (C=O) groups is 2. The highest BCUT2D eigenvalue weighted by Crippen LogP contribution is 2.26. The molecule has 4 aromatic rings. The molecule has 1 saturated heterocycles. The van der Waals surface area contributed by atoms with Crippen LogP contribution in [-0.4, -0.2) is 84.9 Å². The van der Waals surface area contributed by atoms with Crippen molar-refractivity contribution >= 4 is 23.4 Å². The molecule has 0 aliphatic carbocycles. The number of piperazine rings is 1. The van der Waals surface area contributed by atoms with Crippen LogP contribution in [0.1, 0.15) is 5.56 Å².